The van der Waals surface area contributed by atoms with Gasteiger partial charge in [-0.2, -0.15) is 0 Å². The van der Waals surface area contributed by atoms with Crippen molar-refractivity contribution in [2.24, 2.45) is 5.73 Å². The Bertz CT molecular complexity index is 382. The third-order valence-corrected chi connectivity index (χ3v) is 4.14. The number of hydrogen-bond acceptors (Lipinski definition) is 2. The van der Waals surface area contributed by atoms with Gasteiger partial charge in [-0.3, -0.25) is 0 Å². The minimum Gasteiger partial charge on any atom is -0.377 e. The van der Waals surface area contributed by atoms with Gasteiger partial charge in [0, 0.05) is 24.1 Å². The number of anilines is 1. The molecule has 0 saturated heterocycles. The number of rotatable bonds is 2. The summed E-state index contributed by atoms with van der Waals surface area (Å²) in [6.45, 7) is 0. The Hall–Kier alpha value is -0.540. The first kappa shape index (κ1) is 11.9. The summed E-state index contributed by atoms with van der Waals surface area (Å²) in [4.78, 5) is 2.10. The van der Waals surface area contributed by atoms with Gasteiger partial charge in [0.25, 0.3) is 0 Å². The molecule has 1 fully saturated rings. The maximum absolute atomic E-state index is 6.44. The summed E-state index contributed by atoms with van der Waals surface area (Å²) in [6, 6.07) is 6.50. The summed E-state index contributed by atoms with van der Waals surface area (Å²) in [7, 11) is 4.10. The van der Waals surface area contributed by atoms with Crippen molar-refractivity contribution in [3.05, 3.63) is 28.2 Å². The van der Waals surface area contributed by atoms with Gasteiger partial charge in [0.1, 0.15) is 0 Å². The van der Waals surface area contributed by atoms with E-state index in [2.05, 4.69) is 39.0 Å². The molecule has 0 atom stereocenters. The van der Waals surface area contributed by atoms with Crippen LogP contribution in [0.1, 0.15) is 31.2 Å². The molecule has 3 heteroatoms. The van der Waals surface area contributed by atoms with Gasteiger partial charge in [-0.25, -0.2) is 0 Å². The van der Waals surface area contributed by atoms with Crippen LogP contribution in [0.3, 0.4) is 0 Å². The van der Waals surface area contributed by atoms with Crippen molar-refractivity contribution in [1.82, 2.24) is 0 Å². The Morgan fingerprint density at radius 2 is 1.88 bits per heavy atom. The van der Waals surface area contributed by atoms with Gasteiger partial charge in [0.15, 0.2) is 0 Å². The molecule has 1 aliphatic carbocycles. The molecule has 2 rings (SSSR count). The Kier molecular flexibility index (Phi) is 3.27. The molecule has 0 spiro atoms. The summed E-state index contributed by atoms with van der Waals surface area (Å²) in [6.07, 6.45) is 4.73. The van der Waals surface area contributed by atoms with E-state index in [1.165, 1.54) is 24.1 Å². The summed E-state index contributed by atoms with van der Waals surface area (Å²) < 4.78 is 1.13. The van der Waals surface area contributed by atoms with Gasteiger partial charge < -0.3 is 10.6 Å². The van der Waals surface area contributed by atoms with Crippen LogP contribution in [0.25, 0.3) is 0 Å². The van der Waals surface area contributed by atoms with Crippen LogP contribution in [0.2, 0.25) is 0 Å². The van der Waals surface area contributed by atoms with Crippen LogP contribution in [0.4, 0.5) is 5.69 Å². The topological polar surface area (TPSA) is 29.3 Å². The first-order valence-corrected chi connectivity index (χ1v) is 6.58. The van der Waals surface area contributed by atoms with Gasteiger partial charge in [-0.1, -0.05) is 18.9 Å². The van der Waals surface area contributed by atoms with Gasteiger partial charge in [0.05, 0.1) is 5.69 Å². The largest absolute Gasteiger partial charge is 0.377 e. The molecule has 0 bridgehead atoms. The minimum absolute atomic E-state index is 0.0899. The van der Waals surface area contributed by atoms with Gasteiger partial charge in [-0.15, -0.1) is 0 Å². The lowest BCUT2D eigenvalue weighted by molar-refractivity contribution is 0.461. The molecule has 0 heterocycles. The molecule has 16 heavy (non-hydrogen) atoms. The Morgan fingerprint density at radius 3 is 2.38 bits per heavy atom. The smallest absolute Gasteiger partial charge is 0.0505 e. The molecule has 1 saturated carbocycles. The highest BCUT2D eigenvalue weighted by molar-refractivity contribution is 9.10. The first-order valence-electron chi connectivity index (χ1n) is 5.79. The average molecular weight is 283 g/mol. The molecule has 0 radical (unpaired) electrons. The fourth-order valence-corrected chi connectivity index (χ4v) is 3.21. The molecular formula is C13H19BrN2. The monoisotopic (exact) mass is 282 g/mol. The second kappa shape index (κ2) is 4.38. The van der Waals surface area contributed by atoms with E-state index in [1.54, 1.807) is 0 Å². The van der Waals surface area contributed by atoms with Gasteiger partial charge in [0.2, 0.25) is 0 Å². The zero-order chi connectivity index (χ0) is 11.8. The van der Waals surface area contributed by atoms with Crippen LogP contribution in [0.5, 0.6) is 0 Å². The van der Waals surface area contributed by atoms with E-state index >= 15 is 0 Å². The van der Waals surface area contributed by atoms with Crippen molar-refractivity contribution in [2.45, 2.75) is 31.2 Å². The maximum atomic E-state index is 6.44. The van der Waals surface area contributed by atoms with E-state index in [1.807, 2.05) is 14.1 Å². The SMILES string of the molecule is CN(C)c1ccc(C2(N)CCCC2)cc1Br. The lowest BCUT2D eigenvalue weighted by Gasteiger charge is -2.25. The predicted octanol–water partition coefficient (Wildman–Crippen LogP) is 3.24. The van der Waals surface area contributed by atoms with E-state index in [4.69, 9.17) is 5.73 Å². The van der Waals surface area contributed by atoms with E-state index in [9.17, 15) is 0 Å². The van der Waals surface area contributed by atoms with E-state index in [0.29, 0.717) is 0 Å². The molecule has 1 aromatic rings. The number of hydrogen-bond donors (Lipinski definition) is 1. The summed E-state index contributed by atoms with van der Waals surface area (Å²) in [5.74, 6) is 0. The standard InChI is InChI=1S/C13H19BrN2/c1-16(2)12-6-5-10(9-11(12)14)13(15)7-3-4-8-13/h5-6,9H,3-4,7-8,15H2,1-2H3. The molecule has 2 N–H and O–H groups in total. The van der Waals surface area contributed by atoms with Crippen molar-refractivity contribution >= 4 is 21.6 Å². The summed E-state index contributed by atoms with van der Waals surface area (Å²) >= 11 is 3.62. The van der Waals surface area contributed by atoms with Crippen molar-refractivity contribution in [3.63, 3.8) is 0 Å². The maximum Gasteiger partial charge on any atom is 0.0505 e. The second-order valence-electron chi connectivity index (χ2n) is 4.92. The lowest BCUT2D eigenvalue weighted by atomic mass is 9.89. The number of benzene rings is 1. The van der Waals surface area contributed by atoms with E-state index in [-0.39, 0.29) is 5.54 Å². The summed E-state index contributed by atoms with van der Waals surface area (Å²) in [5.41, 5.74) is 8.82. The highest BCUT2D eigenvalue weighted by atomic mass is 79.9. The van der Waals surface area contributed by atoms with Crippen molar-refractivity contribution in [2.75, 3.05) is 19.0 Å². The van der Waals surface area contributed by atoms with Crippen molar-refractivity contribution < 1.29 is 0 Å². The second-order valence-corrected chi connectivity index (χ2v) is 5.78. The lowest BCUT2D eigenvalue weighted by Crippen LogP contribution is -2.33. The Morgan fingerprint density at radius 1 is 1.25 bits per heavy atom. The van der Waals surface area contributed by atoms with Crippen LogP contribution < -0.4 is 10.6 Å². The van der Waals surface area contributed by atoms with Crippen LogP contribution in [0.15, 0.2) is 22.7 Å². The zero-order valence-corrected chi connectivity index (χ0v) is 11.5. The third kappa shape index (κ3) is 2.11. The average Bonchev–Trinajstić information content (AvgIpc) is 2.66. The minimum atomic E-state index is -0.0899. The van der Waals surface area contributed by atoms with Crippen LogP contribution in [-0.2, 0) is 5.54 Å². The van der Waals surface area contributed by atoms with Gasteiger partial charge >= 0.3 is 0 Å². The van der Waals surface area contributed by atoms with Crippen molar-refractivity contribution in [1.29, 1.82) is 0 Å². The fraction of sp³-hybridized carbons (Fsp3) is 0.538. The third-order valence-electron chi connectivity index (χ3n) is 3.50. The van der Waals surface area contributed by atoms with Crippen molar-refractivity contribution in [3.8, 4) is 0 Å². The molecule has 1 aromatic carbocycles. The Balaban J connectivity index is 2.34. The number of nitrogens with zero attached hydrogens (tertiary/aromatic N) is 1. The molecule has 2 nitrogen and oxygen atoms in total. The van der Waals surface area contributed by atoms with Crippen LogP contribution in [-0.4, -0.2) is 14.1 Å². The van der Waals surface area contributed by atoms with Gasteiger partial charge in [-0.05, 0) is 46.5 Å². The number of halogens is 1. The molecule has 1 aliphatic rings. The predicted molar refractivity (Wildman–Crippen MR) is 72.8 cm³/mol. The molecule has 0 amide bonds. The molecular weight excluding hydrogens is 264 g/mol. The molecule has 0 aliphatic heterocycles. The zero-order valence-electron chi connectivity index (χ0n) is 9.96. The molecule has 0 aromatic heterocycles. The van der Waals surface area contributed by atoms with E-state index in [0.717, 1.165) is 17.3 Å². The summed E-state index contributed by atoms with van der Waals surface area (Å²) in [5, 5.41) is 0. The highest BCUT2D eigenvalue weighted by Gasteiger charge is 2.31. The quantitative estimate of drug-likeness (QED) is 0.902. The van der Waals surface area contributed by atoms with E-state index < -0.39 is 0 Å². The highest BCUT2D eigenvalue weighted by Crippen LogP contribution is 2.38. The molecule has 88 valence electrons. The van der Waals surface area contributed by atoms with Crippen LogP contribution in [0, 0.1) is 0 Å². The molecule has 0 unspecified atom stereocenters. The van der Waals surface area contributed by atoms with Crippen LogP contribution >= 0.6 is 15.9 Å². The Labute approximate surface area is 106 Å². The number of nitrogens with two attached hydrogens (primary N) is 1. The first-order chi connectivity index (χ1) is 7.53. The fourth-order valence-electron chi connectivity index (χ4n) is 2.47. The normalized spacial score (nSPS) is 18.8.